The van der Waals surface area contributed by atoms with Crippen molar-refractivity contribution in [3.8, 4) is 0 Å². The van der Waals surface area contributed by atoms with Crippen LogP contribution in [0.15, 0.2) is 0 Å². The molecule has 0 rings (SSSR count). The third-order valence-corrected chi connectivity index (χ3v) is 0.726. The molecule has 3 N–H and O–H groups in total. The average molecular weight is 108 g/mol. The Morgan fingerprint density at radius 2 is 2.50 bits per heavy atom. The summed E-state index contributed by atoms with van der Waals surface area (Å²) in [7, 11) is 1.51. The second kappa shape index (κ2) is 3.42. The lowest BCUT2D eigenvalue weighted by molar-refractivity contribution is 0.148. The van der Waals surface area contributed by atoms with Crippen LogP contribution in [0.1, 0.15) is 0 Å². The molecule has 1 atom stereocenters. The van der Waals surface area contributed by atoms with Crippen molar-refractivity contribution < 1.29 is 4.74 Å². The van der Waals surface area contributed by atoms with Gasteiger partial charge in [-0.25, -0.2) is 5.43 Å². The van der Waals surface area contributed by atoms with Crippen LogP contribution < -0.4 is 11.3 Å². The third kappa shape index (κ3) is 2.47. The number of methoxy groups -OCH3 is 1. The Hall–Kier alpha value is 0.230. The standard InChI is InChI=1S/C2H8N2OS/c1-5-2(6)4-3/h2,4,6H,3H2,1H3. The zero-order valence-corrected chi connectivity index (χ0v) is 4.40. The van der Waals surface area contributed by atoms with Crippen LogP contribution in [0.5, 0.6) is 0 Å². The molecule has 0 aromatic rings. The van der Waals surface area contributed by atoms with E-state index in [1.54, 1.807) is 0 Å². The molecule has 0 aliphatic carbocycles. The van der Waals surface area contributed by atoms with Gasteiger partial charge in [-0.2, -0.15) is 0 Å². The summed E-state index contributed by atoms with van der Waals surface area (Å²) >= 11 is 3.77. The number of ether oxygens (including phenoxy) is 1. The maximum atomic E-state index is 4.83. The number of nitrogens with two attached hydrogens (primary N) is 1. The van der Waals surface area contributed by atoms with Crippen LogP contribution in [-0.4, -0.2) is 12.7 Å². The average Bonchev–Trinajstić information content (AvgIpc) is 1.65. The monoisotopic (exact) mass is 108 g/mol. The molecule has 0 saturated carbocycles. The fraction of sp³-hybridized carbons (Fsp3) is 1.00. The van der Waals surface area contributed by atoms with Crippen molar-refractivity contribution >= 4 is 12.6 Å². The van der Waals surface area contributed by atoms with Crippen LogP contribution in [0, 0.1) is 0 Å². The molecule has 4 heteroatoms. The first-order valence-corrected chi connectivity index (χ1v) is 2.00. The zero-order chi connectivity index (χ0) is 4.99. The smallest absolute Gasteiger partial charge is 0.165 e. The fourth-order valence-electron chi connectivity index (χ4n) is 0.0680. The summed E-state index contributed by atoms with van der Waals surface area (Å²) in [6.07, 6.45) is 0. The van der Waals surface area contributed by atoms with Gasteiger partial charge in [0.2, 0.25) is 0 Å². The molecule has 0 aromatic carbocycles. The molecule has 0 heterocycles. The Labute approximate surface area is 42.2 Å². The number of rotatable bonds is 2. The van der Waals surface area contributed by atoms with Gasteiger partial charge in [0.05, 0.1) is 0 Å². The van der Waals surface area contributed by atoms with E-state index in [0.717, 1.165) is 0 Å². The Balaban J connectivity index is 2.75. The van der Waals surface area contributed by atoms with E-state index in [4.69, 9.17) is 5.84 Å². The lowest BCUT2D eigenvalue weighted by Gasteiger charge is -2.02. The van der Waals surface area contributed by atoms with E-state index in [9.17, 15) is 0 Å². The SMILES string of the molecule is COC(S)NN. The topological polar surface area (TPSA) is 47.3 Å². The van der Waals surface area contributed by atoms with Gasteiger partial charge in [0, 0.05) is 7.11 Å². The molecule has 1 unspecified atom stereocenters. The highest BCUT2D eigenvalue weighted by Gasteiger charge is 1.87. The summed E-state index contributed by atoms with van der Waals surface area (Å²) in [6.45, 7) is 0. The van der Waals surface area contributed by atoms with Crippen molar-refractivity contribution in [2.75, 3.05) is 7.11 Å². The van der Waals surface area contributed by atoms with Crippen molar-refractivity contribution in [1.29, 1.82) is 0 Å². The van der Waals surface area contributed by atoms with Crippen LogP contribution in [0.25, 0.3) is 0 Å². The Kier molecular flexibility index (Phi) is 3.55. The molecular weight excluding hydrogens is 100 g/mol. The van der Waals surface area contributed by atoms with Crippen LogP contribution in [0.2, 0.25) is 0 Å². The molecule has 3 nitrogen and oxygen atoms in total. The highest BCUT2D eigenvalue weighted by atomic mass is 32.1. The van der Waals surface area contributed by atoms with E-state index >= 15 is 0 Å². The van der Waals surface area contributed by atoms with E-state index < -0.39 is 0 Å². The largest absolute Gasteiger partial charge is 0.356 e. The van der Waals surface area contributed by atoms with E-state index in [-0.39, 0.29) is 5.56 Å². The summed E-state index contributed by atoms with van der Waals surface area (Å²) in [6, 6.07) is 0. The van der Waals surface area contributed by atoms with Crippen LogP contribution in [0.3, 0.4) is 0 Å². The van der Waals surface area contributed by atoms with Crippen molar-refractivity contribution in [1.82, 2.24) is 5.43 Å². The summed E-state index contributed by atoms with van der Waals surface area (Å²) < 4.78 is 4.53. The first kappa shape index (κ1) is 6.23. The first-order chi connectivity index (χ1) is 2.81. The predicted octanol–water partition coefficient (Wildman–Crippen LogP) is -0.691. The van der Waals surface area contributed by atoms with Crippen LogP contribution in [0.4, 0.5) is 0 Å². The highest BCUT2D eigenvalue weighted by Crippen LogP contribution is 1.82. The predicted molar refractivity (Wildman–Crippen MR) is 27.1 cm³/mol. The quantitative estimate of drug-likeness (QED) is 0.190. The molecule has 0 spiro atoms. The second-order valence-corrected chi connectivity index (χ2v) is 1.22. The fourth-order valence-corrected chi connectivity index (χ4v) is 0.0680. The summed E-state index contributed by atoms with van der Waals surface area (Å²) in [5.74, 6) is 4.83. The normalized spacial score (nSPS) is 14.5. The van der Waals surface area contributed by atoms with Crippen LogP contribution >= 0.6 is 12.6 Å². The molecule has 0 saturated heterocycles. The van der Waals surface area contributed by atoms with Gasteiger partial charge < -0.3 is 4.74 Å². The van der Waals surface area contributed by atoms with E-state index in [1.807, 2.05) is 0 Å². The molecule has 6 heavy (non-hydrogen) atoms. The minimum absolute atomic E-state index is 0.343. The van der Waals surface area contributed by atoms with Gasteiger partial charge in [0.1, 0.15) is 0 Å². The van der Waals surface area contributed by atoms with Gasteiger partial charge in [0.25, 0.3) is 0 Å². The van der Waals surface area contributed by atoms with E-state index in [1.165, 1.54) is 7.11 Å². The molecule has 0 aliphatic heterocycles. The zero-order valence-electron chi connectivity index (χ0n) is 3.51. The number of nitrogens with one attached hydrogen (secondary N) is 1. The molecule has 38 valence electrons. The lowest BCUT2D eigenvalue weighted by atomic mass is 11.3. The number of thiol groups is 1. The second-order valence-electron chi connectivity index (χ2n) is 0.755. The Morgan fingerprint density at radius 1 is 2.00 bits per heavy atom. The summed E-state index contributed by atoms with van der Waals surface area (Å²) in [5.41, 5.74) is 1.91. The van der Waals surface area contributed by atoms with E-state index in [0.29, 0.717) is 0 Å². The maximum Gasteiger partial charge on any atom is 0.165 e. The highest BCUT2D eigenvalue weighted by molar-refractivity contribution is 7.80. The van der Waals surface area contributed by atoms with Crippen molar-refractivity contribution in [2.45, 2.75) is 5.56 Å². The van der Waals surface area contributed by atoms with Crippen molar-refractivity contribution in [3.63, 3.8) is 0 Å². The molecule has 0 amide bonds. The number of hydrazine groups is 1. The molecule has 0 aliphatic rings. The Morgan fingerprint density at radius 3 is 2.50 bits per heavy atom. The number of hydrogen-bond donors (Lipinski definition) is 3. The molecular formula is C2H8N2OS. The maximum absolute atomic E-state index is 4.83. The number of hydrogen-bond acceptors (Lipinski definition) is 4. The van der Waals surface area contributed by atoms with Gasteiger partial charge in [0.15, 0.2) is 5.56 Å². The third-order valence-electron chi connectivity index (χ3n) is 0.366. The summed E-state index contributed by atoms with van der Waals surface area (Å²) in [5, 5.41) is 0. The minimum Gasteiger partial charge on any atom is -0.356 e. The molecule has 0 bridgehead atoms. The van der Waals surface area contributed by atoms with Crippen molar-refractivity contribution in [2.24, 2.45) is 5.84 Å². The summed E-state index contributed by atoms with van der Waals surface area (Å²) in [4.78, 5) is 0. The van der Waals surface area contributed by atoms with Gasteiger partial charge in [-0.3, -0.25) is 5.84 Å². The first-order valence-electron chi connectivity index (χ1n) is 1.48. The van der Waals surface area contributed by atoms with E-state index in [2.05, 4.69) is 22.8 Å². The van der Waals surface area contributed by atoms with Gasteiger partial charge in [-0.15, -0.1) is 12.6 Å². The van der Waals surface area contributed by atoms with Crippen LogP contribution in [-0.2, 0) is 4.74 Å². The van der Waals surface area contributed by atoms with Gasteiger partial charge in [-0.05, 0) is 0 Å². The molecule has 0 aromatic heterocycles. The van der Waals surface area contributed by atoms with Crippen molar-refractivity contribution in [3.05, 3.63) is 0 Å². The lowest BCUT2D eigenvalue weighted by Crippen LogP contribution is -2.31. The molecule has 0 fully saturated rings. The van der Waals surface area contributed by atoms with Gasteiger partial charge >= 0.3 is 0 Å². The Bertz CT molecular complexity index is 30.7. The van der Waals surface area contributed by atoms with Gasteiger partial charge in [-0.1, -0.05) is 0 Å². The molecule has 0 radical (unpaired) electrons. The minimum atomic E-state index is -0.343.